The van der Waals surface area contributed by atoms with Gasteiger partial charge in [-0.1, -0.05) is 0 Å². The van der Waals surface area contributed by atoms with Crippen molar-refractivity contribution in [2.75, 3.05) is 21.3 Å². The molecule has 0 saturated heterocycles. The first-order valence-electron chi connectivity index (χ1n) is 1.84. The molecule has 0 bridgehead atoms. The fourth-order valence-electron chi connectivity index (χ4n) is 0.250. The molecule has 0 aliphatic rings. The zero-order valence-electron chi connectivity index (χ0n) is 4.72. The van der Waals surface area contributed by atoms with Gasteiger partial charge in [-0.15, -0.1) is 0 Å². The summed E-state index contributed by atoms with van der Waals surface area (Å²) in [5.41, 5.74) is 0. The van der Waals surface area contributed by atoms with Gasteiger partial charge in [0.2, 0.25) is 0 Å². The average molecular weight is 272 g/mol. The monoisotopic (exact) mass is 273 g/mol. The van der Waals surface area contributed by atoms with Crippen molar-refractivity contribution in [3.05, 3.63) is 0 Å². The van der Waals surface area contributed by atoms with Crippen LogP contribution in [0, 0.1) is 0 Å². The van der Waals surface area contributed by atoms with Gasteiger partial charge in [0, 0.05) is 0 Å². The minimum absolute atomic E-state index is 1.61. The fraction of sp³-hybridized carbons (Fsp3) is 1.00. The molecule has 0 aromatic heterocycles. The molecule has 0 N–H and O–H groups in total. The first kappa shape index (κ1) is 7.75. The Kier molecular flexibility index (Phi) is 5.42. The summed E-state index contributed by atoms with van der Waals surface area (Å²) in [6, 6.07) is 0. The molecule has 0 atom stereocenters. The van der Waals surface area contributed by atoms with E-state index < -0.39 is 22.7 Å². The average Bonchev–Trinajstić information content (AvgIpc) is 1.72. The zero-order valence-corrected chi connectivity index (χ0v) is 8.32. The molecular formula is C3H9HfO3. The Morgan fingerprint density at radius 3 is 1.14 bits per heavy atom. The molecule has 0 spiro atoms. The Balaban J connectivity index is 2.99. The van der Waals surface area contributed by atoms with Crippen LogP contribution in [0.2, 0.25) is 0 Å². The van der Waals surface area contributed by atoms with E-state index in [1.54, 1.807) is 21.3 Å². The SMILES string of the molecule is C[O][Hf]([O]C)[O]C. The van der Waals surface area contributed by atoms with Crippen molar-refractivity contribution in [2.24, 2.45) is 0 Å². The van der Waals surface area contributed by atoms with E-state index in [0.29, 0.717) is 0 Å². The number of hydrogen-bond acceptors (Lipinski definition) is 3. The van der Waals surface area contributed by atoms with Crippen LogP contribution < -0.4 is 0 Å². The van der Waals surface area contributed by atoms with Crippen LogP contribution >= 0.6 is 0 Å². The molecule has 7 heavy (non-hydrogen) atoms. The summed E-state index contributed by atoms with van der Waals surface area (Å²) in [6.07, 6.45) is 0. The molecule has 43 valence electrons. The van der Waals surface area contributed by atoms with Gasteiger partial charge in [0.1, 0.15) is 0 Å². The van der Waals surface area contributed by atoms with Crippen LogP contribution in [0.1, 0.15) is 0 Å². The molecule has 0 amide bonds. The summed E-state index contributed by atoms with van der Waals surface area (Å²) in [4.78, 5) is 0. The molecule has 0 heterocycles. The van der Waals surface area contributed by atoms with Gasteiger partial charge in [-0.25, -0.2) is 0 Å². The molecule has 0 fully saturated rings. The number of hydrogen-bond donors (Lipinski definition) is 0. The third-order valence-electron chi connectivity index (χ3n) is 0.500. The molecule has 0 aromatic carbocycles. The van der Waals surface area contributed by atoms with Crippen molar-refractivity contribution in [1.29, 1.82) is 0 Å². The van der Waals surface area contributed by atoms with E-state index in [2.05, 4.69) is 0 Å². The van der Waals surface area contributed by atoms with E-state index in [1.807, 2.05) is 0 Å². The molecular weight excluding hydrogens is 263 g/mol. The summed E-state index contributed by atoms with van der Waals surface area (Å²) >= 11 is -2.29. The van der Waals surface area contributed by atoms with Crippen LogP contribution in [0.25, 0.3) is 0 Å². The van der Waals surface area contributed by atoms with Crippen LogP contribution in [-0.4, -0.2) is 21.3 Å². The molecule has 4 heteroatoms. The maximum atomic E-state index is 4.82. The van der Waals surface area contributed by atoms with Gasteiger partial charge in [-0.2, -0.15) is 0 Å². The first-order chi connectivity index (χ1) is 3.35. The zero-order chi connectivity index (χ0) is 5.70. The van der Waals surface area contributed by atoms with Crippen molar-refractivity contribution >= 4 is 0 Å². The molecule has 0 rings (SSSR count). The van der Waals surface area contributed by atoms with Gasteiger partial charge in [-0.3, -0.25) is 0 Å². The van der Waals surface area contributed by atoms with Crippen LogP contribution in [0.4, 0.5) is 0 Å². The van der Waals surface area contributed by atoms with E-state index in [9.17, 15) is 0 Å². The topological polar surface area (TPSA) is 27.7 Å². The van der Waals surface area contributed by atoms with Crippen molar-refractivity contribution in [3.63, 3.8) is 0 Å². The van der Waals surface area contributed by atoms with Gasteiger partial charge in [0.05, 0.1) is 0 Å². The predicted molar refractivity (Wildman–Crippen MR) is 21.0 cm³/mol. The second-order valence-electron chi connectivity index (χ2n) is 0.862. The summed E-state index contributed by atoms with van der Waals surface area (Å²) in [7, 11) is 4.82. The molecule has 0 aromatic rings. The van der Waals surface area contributed by atoms with Gasteiger partial charge < -0.3 is 0 Å². The maximum absolute atomic E-state index is 4.82. The second-order valence-corrected chi connectivity index (χ2v) is 7.06. The number of rotatable bonds is 3. The molecule has 3 nitrogen and oxygen atoms in total. The Morgan fingerprint density at radius 2 is 1.14 bits per heavy atom. The minimum atomic E-state index is -2.29. The van der Waals surface area contributed by atoms with Crippen LogP contribution in [0.5, 0.6) is 0 Å². The molecule has 0 radical (unpaired) electrons. The van der Waals surface area contributed by atoms with E-state index >= 15 is 0 Å². The first-order valence-corrected chi connectivity index (χ1v) is 6.24. The molecule has 0 unspecified atom stereocenters. The molecule has 0 aliphatic heterocycles. The van der Waals surface area contributed by atoms with Crippen molar-refractivity contribution < 1.29 is 31.3 Å². The van der Waals surface area contributed by atoms with E-state index in [1.165, 1.54) is 0 Å². The summed E-state index contributed by atoms with van der Waals surface area (Å²) in [5.74, 6) is 0. The fourth-order valence-corrected chi connectivity index (χ4v) is 2.05. The Bertz CT molecular complexity index is 31.7. The van der Waals surface area contributed by atoms with Crippen LogP contribution in [0.3, 0.4) is 0 Å². The molecule has 0 saturated carbocycles. The van der Waals surface area contributed by atoms with Gasteiger partial charge in [0.25, 0.3) is 0 Å². The van der Waals surface area contributed by atoms with E-state index in [-0.39, 0.29) is 0 Å². The summed E-state index contributed by atoms with van der Waals surface area (Å²) in [5, 5.41) is 0. The summed E-state index contributed by atoms with van der Waals surface area (Å²) in [6.45, 7) is 0. The Labute approximate surface area is 52.9 Å². The van der Waals surface area contributed by atoms with E-state index in [4.69, 9.17) is 8.56 Å². The second kappa shape index (κ2) is 4.90. The van der Waals surface area contributed by atoms with Crippen molar-refractivity contribution in [1.82, 2.24) is 0 Å². The van der Waals surface area contributed by atoms with Crippen molar-refractivity contribution in [3.8, 4) is 0 Å². The normalized spacial score (nSPS) is 9.00. The van der Waals surface area contributed by atoms with Crippen LogP contribution in [0.15, 0.2) is 0 Å². The standard InChI is InChI=1S/3CH3O.Hf/c3*1-2;/h3*1H3;/q3*-1;+3. The Hall–Kier alpha value is 0.750. The quantitative estimate of drug-likeness (QED) is 0.691. The van der Waals surface area contributed by atoms with Gasteiger partial charge in [-0.05, 0) is 0 Å². The van der Waals surface area contributed by atoms with Crippen molar-refractivity contribution in [2.45, 2.75) is 0 Å². The Morgan fingerprint density at radius 1 is 0.857 bits per heavy atom. The van der Waals surface area contributed by atoms with Gasteiger partial charge in [0.15, 0.2) is 0 Å². The van der Waals surface area contributed by atoms with E-state index in [0.717, 1.165) is 0 Å². The third-order valence-corrected chi connectivity index (χ3v) is 4.09. The van der Waals surface area contributed by atoms with Crippen LogP contribution in [-0.2, 0) is 31.3 Å². The molecule has 0 aliphatic carbocycles. The van der Waals surface area contributed by atoms with Gasteiger partial charge >= 0.3 is 52.6 Å². The predicted octanol–water partition coefficient (Wildman–Crippen LogP) is 0.289. The third kappa shape index (κ3) is 3.34. The summed E-state index contributed by atoms with van der Waals surface area (Å²) < 4.78 is 14.5.